The maximum Gasteiger partial charge on any atom is 0.223 e. The minimum Gasteiger partial charge on any atom is -0.346 e. The van der Waals surface area contributed by atoms with Crippen LogP contribution in [0.4, 0.5) is 0 Å². The Hall–Kier alpha value is -5.54. The summed E-state index contributed by atoms with van der Waals surface area (Å²) in [6.07, 6.45) is 0. The molecule has 0 N–H and O–H groups in total. The molecule has 0 spiro atoms. The number of hydrogen-bond acceptors (Lipinski definition) is 2. The van der Waals surface area contributed by atoms with Crippen molar-refractivity contribution < 1.29 is 9.47 Å². The molecule has 2 aliphatic carbocycles. The van der Waals surface area contributed by atoms with Crippen molar-refractivity contribution in [3.63, 3.8) is 0 Å². The topological polar surface area (TPSA) is 18.5 Å². The third-order valence-electron chi connectivity index (χ3n) is 11.6. The summed E-state index contributed by atoms with van der Waals surface area (Å²) in [7, 11) is 3.47. The molecule has 2 aliphatic rings. The number of ether oxygens (including phenoxy) is 2. The zero-order chi connectivity index (χ0) is 33.8. The zero-order valence-corrected chi connectivity index (χ0v) is 28.7. The van der Waals surface area contributed by atoms with E-state index in [1.54, 1.807) is 14.2 Å². The quantitative estimate of drug-likeness (QED) is 0.140. The molecule has 0 atom stereocenters. The molecule has 8 aromatic rings. The monoisotopic (exact) mass is 644 g/mol. The molecule has 0 unspecified atom stereocenters. The van der Waals surface area contributed by atoms with Crippen molar-refractivity contribution in [1.29, 1.82) is 0 Å². The van der Waals surface area contributed by atoms with Gasteiger partial charge in [-0.05, 0) is 112 Å². The van der Waals surface area contributed by atoms with Gasteiger partial charge in [-0.1, -0.05) is 135 Å². The Morgan fingerprint density at radius 2 is 0.760 bits per heavy atom. The lowest BCUT2D eigenvalue weighted by molar-refractivity contribution is -0.180. The van der Waals surface area contributed by atoms with Gasteiger partial charge in [0.1, 0.15) is 0 Å². The third-order valence-corrected chi connectivity index (χ3v) is 11.6. The van der Waals surface area contributed by atoms with E-state index in [0.29, 0.717) is 0 Å². The van der Waals surface area contributed by atoms with E-state index in [4.69, 9.17) is 9.47 Å². The summed E-state index contributed by atoms with van der Waals surface area (Å²) >= 11 is 0. The van der Waals surface area contributed by atoms with Crippen LogP contribution in [-0.4, -0.2) is 14.2 Å². The number of benzene rings is 8. The highest BCUT2D eigenvalue weighted by Gasteiger charge is 2.44. The Morgan fingerprint density at radius 1 is 0.340 bits per heavy atom. The average molecular weight is 645 g/mol. The molecule has 2 heteroatoms. The molecule has 0 aromatic heterocycles. The van der Waals surface area contributed by atoms with E-state index in [2.05, 4.69) is 159 Å². The number of hydrogen-bond donors (Lipinski definition) is 0. The summed E-state index contributed by atoms with van der Waals surface area (Å²) < 4.78 is 12.4. The van der Waals surface area contributed by atoms with Crippen molar-refractivity contribution in [3.8, 4) is 44.5 Å². The first-order chi connectivity index (χ1) is 24.4. The van der Waals surface area contributed by atoms with E-state index < -0.39 is 5.79 Å². The predicted molar refractivity (Wildman–Crippen MR) is 208 cm³/mol. The van der Waals surface area contributed by atoms with Crippen molar-refractivity contribution in [1.82, 2.24) is 0 Å². The van der Waals surface area contributed by atoms with Gasteiger partial charge in [0.05, 0.1) is 0 Å². The summed E-state index contributed by atoms with van der Waals surface area (Å²) in [4.78, 5) is 0. The largest absolute Gasteiger partial charge is 0.346 e. The lowest BCUT2D eigenvalue weighted by Gasteiger charge is -2.29. The van der Waals surface area contributed by atoms with Crippen molar-refractivity contribution in [3.05, 3.63) is 168 Å². The van der Waals surface area contributed by atoms with Crippen LogP contribution in [0.2, 0.25) is 0 Å². The van der Waals surface area contributed by atoms with Crippen LogP contribution in [0.5, 0.6) is 0 Å². The third kappa shape index (κ3) is 3.81. The molecule has 0 amide bonds. The second-order valence-electron chi connectivity index (χ2n) is 14.3. The molecule has 0 saturated carbocycles. The predicted octanol–water partition coefficient (Wildman–Crippen LogP) is 12.3. The molecule has 2 nitrogen and oxygen atoms in total. The van der Waals surface area contributed by atoms with Gasteiger partial charge in [-0.3, -0.25) is 0 Å². The fourth-order valence-corrected chi connectivity index (χ4v) is 9.19. The Balaban J connectivity index is 1.21. The minimum absolute atomic E-state index is 0.0589. The molecular weight excluding hydrogens is 609 g/mol. The van der Waals surface area contributed by atoms with Crippen molar-refractivity contribution in [2.24, 2.45) is 0 Å². The van der Waals surface area contributed by atoms with Crippen LogP contribution >= 0.6 is 0 Å². The van der Waals surface area contributed by atoms with E-state index in [-0.39, 0.29) is 5.41 Å². The first-order valence-electron chi connectivity index (χ1n) is 17.4. The number of methoxy groups -OCH3 is 2. The van der Waals surface area contributed by atoms with Crippen molar-refractivity contribution >= 4 is 32.3 Å². The highest BCUT2D eigenvalue weighted by atomic mass is 16.7. The summed E-state index contributed by atoms with van der Waals surface area (Å²) in [5, 5.41) is 7.50. The van der Waals surface area contributed by atoms with E-state index in [9.17, 15) is 0 Å². The fraction of sp³-hybridized carbons (Fsp3) is 0.125. The van der Waals surface area contributed by atoms with Gasteiger partial charge in [-0.15, -0.1) is 0 Å². The van der Waals surface area contributed by atoms with E-state index in [1.807, 2.05) is 0 Å². The average Bonchev–Trinajstić information content (AvgIpc) is 3.58. The maximum atomic E-state index is 6.20. The van der Waals surface area contributed by atoms with Crippen molar-refractivity contribution in [2.75, 3.05) is 14.2 Å². The molecule has 0 fully saturated rings. The molecule has 10 rings (SSSR count). The van der Waals surface area contributed by atoms with Gasteiger partial charge in [0, 0.05) is 30.8 Å². The van der Waals surface area contributed by atoms with Crippen LogP contribution in [0, 0.1) is 0 Å². The van der Waals surface area contributed by atoms with Crippen LogP contribution in [0.3, 0.4) is 0 Å². The normalized spacial score (nSPS) is 14.9. The minimum atomic E-state index is -0.956. The second-order valence-corrected chi connectivity index (χ2v) is 14.3. The number of fused-ring (bicyclic) bond motifs is 11. The molecule has 0 bridgehead atoms. The van der Waals surface area contributed by atoms with Crippen LogP contribution < -0.4 is 0 Å². The molecular formula is C48H36O2. The van der Waals surface area contributed by atoms with Crippen LogP contribution in [0.15, 0.2) is 146 Å². The van der Waals surface area contributed by atoms with Gasteiger partial charge in [-0.25, -0.2) is 0 Å². The molecule has 240 valence electrons. The highest BCUT2D eigenvalue weighted by Crippen LogP contribution is 2.53. The highest BCUT2D eigenvalue weighted by molar-refractivity contribution is 6.24. The Bertz CT molecular complexity index is 2710. The molecule has 8 aromatic carbocycles. The molecule has 0 aliphatic heterocycles. The van der Waals surface area contributed by atoms with Crippen LogP contribution in [0.25, 0.3) is 76.8 Å². The number of rotatable bonds is 4. The zero-order valence-electron chi connectivity index (χ0n) is 28.7. The SMILES string of the molecule is COC1(OC)c2ccccc2-c2ccc(-c3cc4c5ccccc5c(-c5ccc6c(c5)C(C)(C)c5ccccc5-6)cc4c4ccccc34)cc21. The summed E-state index contributed by atoms with van der Waals surface area (Å²) in [5.74, 6) is -0.956. The maximum absolute atomic E-state index is 6.20. The van der Waals surface area contributed by atoms with Crippen molar-refractivity contribution in [2.45, 2.75) is 25.0 Å². The smallest absolute Gasteiger partial charge is 0.223 e. The lowest BCUT2D eigenvalue weighted by Crippen LogP contribution is -2.29. The standard InChI is InChI=1S/C48H36O2/c1-47(2)43-19-11-9-17-35(43)37-23-21-29(25-45(37)47)39-27-41-34-16-8-6-14-32(34)40(28-42(41)33-15-7-5-13-31(33)39)30-22-24-38-36-18-10-12-20-44(36)48(49-3,50-4)46(38)26-30/h5-28H,1-4H3. The van der Waals surface area contributed by atoms with Crippen LogP contribution in [-0.2, 0) is 20.7 Å². The second kappa shape index (κ2) is 10.5. The first-order valence-corrected chi connectivity index (χ1v) is 17.4. The van der Waals surface area contributed by atoms with Gasteiger partial charge in [-0.2, -0.15) is 0 Å². The Kier molecular flexibility index (Phi) is 6.16. The summed E-state index contributed by atoms with van der Waals surface area (Å²) in [5.41, 5.74) is 14.7. The first kappa shape index (κ1) is 29.4. The van der Waals surface area contributed by atoms with Gasteiger partial charge in [0.2, 0.25) is 5.79 Å². The Morgan fingerprint density at radius 3 is 1.32 bits per heavy atom. The fourth-order valence-electron chi connectivity index (χ4n) is 9.19. The summed E-state index contributed by atoms with van der Waals surface area (Å²) in [6, 6.07) is 53.7. The lowest BCUT2D eigenvalue weighted by atomic mass is 9.81. The molecule has 50 heavy (non-hydrogen) atoms. The summed E-state index contributed by atoms with van der Waals surface area (Å²) in [6.45, 7) is 4.71. The Labute approximate surface area is 292 Å². The van der Waals surface area contributed by atoms with E-state index in [0.717, 1.165) is 27.8 Å². The molecule has 0 saturated heterocycles. The van der Waals surface area contributed by atoms with E-state index >= 15 is 0 Å². The van der Waals surface area contributed by atoms with Gasteiger partial charge in [0.25, 0.3) is 0 Å². The van der Waals surface area contributed by atoms with Gasteiger partial charge >= 0.3 is 0 Å². The van der Waals surface area contributed by atoms with Crippen LogP contribution in [0.1, 0.15) is 36.1 Å². The van der Waals surface area contributed by atoms with Gasteiger partial charge < -0.3 is 9.47 Å². The molecule has 0 heterocycles. The van der Waals surface area contributed by atoms with Gasteiger partial charge in [0.15, 0.2) is 0 Å². The molecule has 0 radical (unpaired) electrons. The van der Waals surface area contributed by atoms with E-state index in [1.165, 1.54) is 71.3 Å².